The van der Waals surface area contributed by atoms with Gasteiger partial charge in [0.15, 0.2) is 5.16 Å². The highest BCUT2D eigenvalue weighted by atomic mass is 32.2. The maximum absolute atomic E-state index is 11.6. The summed E-state index contributed by atoms with van der Waals surface area (Å²) < 4.78 is 6.35. The third kappa shape index (κ3) is 4.38. The predicted molar refractivity (Wildman–Crippen MR) is 78.1 cm³/mol. The molecular weight excluding hydrogens is 280 g/mol. The van der Waals surface area contributed by atoms with Crippen molar-refractivity contribution in [2.75, 3.05) is 19.4 Å². The number of aromatic amines is 1. The van der Waals surface area contributed by atoms with Gasteiger partial charge in [-0.3, -0.25) is 9.36 Å². The van der Waals surface area contributed by atoms with Gasteiger partial charge in [-0.1, -0.05) is 18.7 Å². The van der Waals surface area contributed by atoms with Crippen LogP contribution in [0.4, 0.5) is 0 Å². The molecule has 1 unspecified atom stereocenters. The Morgan fingerprint density at radius 3 is 2.80 bits per heavy atom. The molecule has 114 valence electrons. The Bertz CT molecular complexity index is 483. The van der Waals surface area contributed by atoms with Crippen molar-refractivity contribution in [2.45, 2.75) is 44.4 Å². The number of H-pyrrole nitrogens is 1. The van der Waals surface area contributed by atoms with Crippen molar-refractivity contribution in [1.29, 1.82) is 0 Å². The average Bonchev–Trinajstić information content (AvgIpc) is 2.78. The fourth-order valence-corrected chi connectivity index (χ4v) is 2.89. The van der Waals surface area contributed by atoms with Crippen LogP contribution in [-0.2, 0) is 9.53 Å². The summed E-state index contributed by atoms with van der Waals surface area (Å²) in [5.41, 5.74) is -0.210. The number of thioether (sulfide) groups is 1. The first-order valence-electron chi connectivity index (χ1n) is 6.62. The minimum atomic E-state index is -0.323. The largest absolute Gasteiger partial charge is 0.468 e. The van der Waals surface area contributed by atoms with E-state index in [1.165, 1.54) is 18.9 Å². The second kappa shape index (κ2) is 8.11. The summed E-state index contributed by atoms with van der Waals surface area (Å²) in [6.07, 6.45) is 0.615. The summed E-state index contributed by atoms with van der Waals surface area (Å²) in [6, 6.07) is -0.274. The molecule has 0 aliphatic heterocycles. The van der Waals surface area contributed by atoms with Gasteiger partial charge in [-0.2, -0.15) is 0 Å². The number of nitrogens with zero attached hydrogens (tertiary/aromatic N) is 2. The monoisotopic (exact) mass is 302 g/mol. The standard InChI is InChI=1S/C12H22N4O3S/c1-5-13-9(10(17)19-4)6-7-20-12-15-14-11(18)16(12)8(2)3/h8-9,13H,5-7H2,1-4H3,(H,14,18). The quantitative estimate of drug-likeness (QED) is 0.545. The van der Waals surface area contributed by atoms with Crippen molar-refractivity contribution < 1.29 is 9.53 Å². The van der Waals surface area contributed by atoms with Gasteiger partial charge in [0.1, 0.15) is 6.04 Å². The first-order chi connectivity index (χ1) is 9.51. The number of methoxy groups -OCH3 is 1. The molecule has 0 amide bonds. The Kier molecular flexibility index (Phi) is 6.80. The minimum absolute atomic E-state index is 0.0499. The highest BCUT2D eigenvalue weighted by molar-refractivity contribution is 7.99. The molecule has 1 heterocycles. The number of esters is 1. The Hall–Kier alpha value is -1.28. The number of likely N-dealkylation sites (N-methyl/N-ethyl adjacent to an activating group) is 1. The highest BCUT2D eigenvalue weighted by Crippen LogP contribution is 2.18. The molecule has 0 fully saturated rings. The molecule has 0 aromatic carbocycles. The average molecular weight is 302 g/mol. The molecule has 1 rings (SSSR count). The predicted octanol–water partition coefficient (Wildman–Crippen LogP) is 0.786. The van der Waals surface area contributed by atoms with E-state index in [1.807, 2.05) is 20.8 Å². The van der Waals surface area contributed by atoms with Crippen LogP contribution < -0.4 is 11.0 Å². The lowest BCUT2D eigenvalue weighted by Gasteiger charge is -2.15. The van der Waals surface area contributed by atoms with Crippen molar-refractivity contribution in [3.05, 3.63) is 10.5 Å². The van der Waals surface area contributed by atoms with Gasteiger partial charge in [0.05, 0.1) is 7.11 Å². The number of carbonyl (C=O) groups is 1. The summed E-state index contributed by atoms with van der Waals surface area (Å²) in [4.78, 5) is 23.1. The zero-order valence-electron chi connectivity index (χ0n) is 12.3. The van der Waals surface area contributed by atoms with Gasteiger partial charge >= 0.3 is 11.7 Å². The first-order valence-corrected chi connectivity index (χ1v) is 7.60. The van der Waals surface area contributed by atoms with Gasteiger partial charge in [0.2, 0.25) is 0 Å². The Morgan fingerprint density at radius 1 is 1.55 bits per heavy atom. The first kappa shape index (κ1) is 16.8. The van der Waals surface area contributed by atoms with E-state index in [-0.39, 0.29) is 23.7 Å². The van der Waals surface area contributed by atoms with Crippen LogP contribution in [0.2, 0.25) is 0 Å². The molecule has 2 N–H and O–H groups in total. The van der Waals surface area contributed by atoms with Crippen LogP contribution >= 0.6 is 11.8 Å². The SMILES string of the molecule is CCNC(CCSc1n[nH]c(=O)n1C(C)C)C(=O)OC. The number of rotatable bonds is 8. The van der Waals surface area contributed by atoms with Crippen LogP contribution in [-0.4, -0.2) is 46.2 Å². The van der Waals surface area contributed by atoms with E-state index in [0.29, 0.717) is 23.9 Å². The molecule has 0 aliphatic rings. The molecule has 1 aromatic rings. The summed E-state index contributed by atoms with van der Waals surface area (Å²) in [6.45, 7) is 6.49. The smallest absolute Gasteiger partial charge is 0.344 e. The second-order valence-electron chi connectivity index (χ2n) is 4.55. The van der Waals surface area contributed by atoms with Crippen LogP contribution in [0, 0.1) is 0 Å². The fourth-order valence-electron chi connectivity index (χ4n) is 1.81. The number of aromatic nitrogens is 3. The van der Waals surface area contributed by atoms with Crippen molar-refractivity contribution in [3.63, 3.8) is 0 Å². The zero-order chi connectivity index (χ0) is 15.1. The third-order valence-corrected chi connectivity index (χ3v) is 3.75. The van der Waals surface area contributed by atoms with Crippen LogP contribution in [0.5, 0.6) is 0 Å². The summed E-state index contributed by atoms with van der Waals surface area (Å²) >= 11 is 1.45. The van der Waals surface area contributed by atoms with E-state index in [4.69, 9.17) is 4.74 Å². The van der Waals surface area contributed by atoms with Gasteiger partial charge in [-0.15, -0.1) is 5.10 Å². The van der Waals surface area contributed by atoms with Gasteiger partial charge < -0.3 is 10.1 Å². The maximum Gasteiger partial charge on any atom is 0.344 e. The molecule has 0 bridgehead atoms. The highest BCUT2D eigenvalue weighted by Gasteiger charge is 2.18. The molecule has 0 saturated heterocycles. The lowest BCUT2D eigenvalue weighted by Crippen LogP contribution is -2.37. The van der Waals surface area contributed by atoms with Crippen molar-refractivity contribution >= 4 is 17.7 Å². The second-order valence-corrected chi connectivity index (χ2v) is 5.61. The van der Waals surface area contributed by atoms with Gasteiger partial charge in [-0.05, 0) is 26.8 Å². The molecule has 20 heavy (non-hydrogen) atoms. The zero-order valence-corrected chi connectivity index (χ0v) is 13.1. The molecule has 0 spiro atoms. The normalized spacial score (nSPS) is 12.7. The summed E-state index contributed by atoms with van der Waals surface area (Å²) in [5, 5.41) is 10.2. The van der Waals surface area contributed by atoms with Crippen molar-refractivity contribution in [3.8, 4) is 0 Å². The van der Waals surface area contributed by atoms with Crippen molar-refractivity contribution in [2.24, 2.45) is 0 Å². The van der Waals surface area contributed by atoms with Crippen LogP contribution in [0.25, 0.3) is 0 Å². The van der Waals surface area contributed by atoms with Crippen LogP contribution in [0.1, 0.15) is 33.2 Å². The Balaban J connectivity index is 2.59. The molecule has 7 nitrogen and oxygen atoms in total. The van der Waals surface area contributed by atoms with Crippen molar-refractivity contribution in [1.82, 2.24) is 20.1 Å². The molecule has 0 aliphatic carbocycles. The van der Waals surface area contributed by atoms with E-state index in [1.54, 1.807) is 4.57 Å². The molecule has 1 atom stereocenters. The third-order valence-electron chi connectivity index (χ3n) is 2.76. The van der Waals surface area contributed by atoms with E-state index >= 15 is 0 Å². The molecule has 1 aromatic heterocycles. The summed E-state index contributed by atoms with van der Waals surface area (Å²) in [7, 11) is 1.38. The fraction of sp³-hybridized carbons (Fsp3) is 0.750. The topological polar surface area (TPSA) is 89.0 Å². The van der Waals surface area contributed by atoms with Gasteiger partial charge in [-0.25, -0.2) is 9.89 Å². The van der Waals surface area contributed by atoms with E-state index in [0.717, 1.165) is 0 Å². The Morgan fingerprint density at radius 2 is 2.25 bits per heavy atom. The van der Waals surface area contributed by atoms with Crippen LogP contribution in [0.3, 0.4) is 0 Å². The van der Waals surface area contributed by atoms with Gasteiger partial charge in [0.25, 0.3) is 0 Å². The number of hydrogen-bond donors (Lipinski definition) is 2. The molecule has 0 saturated carbocycles. The van der Waals surface area contributed by atoms with E-state index in [9.17, 15) is 9.59 Å². The number of ether oxygens (including phenoxy) is 1. The summed E-state index contributed by atoms with van der Waals surface area (Å²) in [5.74, 6) is 0.403. The lowest BCUT2D eigenvalue weighted by atomic mass is 10.2. The molecule has 8 heteroatoms. The van der Waals surface area contributed by atoms with E-state index in [2.05, 4.69) is 15.5 Å². The minimum Gasteiger partial charge on any atom is -0.468 e. The van der Waals surface area contributed by atoms with Gasteiger partial charge in [0, 0.05) is 11.8 Å². The lowest BCUT2D eigenvalue weighted by molar-refractivity contribution is -0.143. The maximum atomic E-state index is 11.6. The molecule has 0 radical (unpaired) electrons. The van der Waals surface area contributed by atoms with E-state index < -0.39 is 0 Å². The number of carbonyl (C=O) groups excluding carboxylic acids is 1. The number of nitrogens with one attached hydrogen (secondary N) is 2. The number of hydrogen-bond acceptors (Lipinski definition) is 6. The van der Waals surface area contributed by atoms with Crippen LogP contribution in [0.15, 0.2) is 9.95 Å². The molecular formula is C12H22N4O3S. The Labute approximate surface area is 122 Å².